The van der Waals surface area contributed by atoms with Gasteiger partial charge in [0.25, 0.3) is 17.7 Å². The number of imide groups is 1. The summed E-state index contributed by atoms with van der Waals surface area (Å²) in [5, 5.41) is -0.202. The van der Waals surface area contributed by atoms with Crippen LogP contribution in [0.3, 0.4) is 0 Å². The van der Waals surface area contributed by atoms with Crippen molar-refractivity contribution in [3.8, 4) is 0 Å². The van der Waals surface area contributed by atoms with Gasteiger partial charge in [0, 0.05) is 16.2 Å². The SMILES string of the molecule is C/C=C\CC.CC.CS(=O)(=O)NC(=O)/C(Cl)=C/c1cc(N2C(=O)C3=C(CCCC3)C2=O)ccc1Cl. The minimum Gasteiger partial charge on any atom is -0.269 e. The molecule has 1 aliphatic carbocycles. The molecule has 0 aromatic heterocycles. The highest BCUT2D eigenvalue weighted by Crippen LogP contribution is 2.36. The predicted molar refractivity (Wildman–Crippen MR) is 143 cm³/mol. The smallest absolute Gasteiger partial charge is 0.269 e. The molecule has 7 nitrogen and oxygen atoms in total. The van der Waals surface area contributed by atoms with Crippen LogP contribution in [-0.2, 0) is 24.4 Å². The summed E-state index contributed by atoms with van der Waals surface area (Å²) in [7, 11) is -3.78. The fourth-order valence-corrected chi connectivity index (χ4v) is 4.25. The van der Waals surface area contributed by atoms with Crippen molar-refractivity contribution in [2.24, 2.45) is 0 Å². The van der Waals surface area contributed by atoms with E-state index in [2.05, 4.69) is 19.1 Å². The number of halogens is 2. The van der Waals surface area contributed by atoms with Crippen molar-refractivity contribution in [2.45, 2.75) is 59.8 Å². The van der Waals surface area contributed by atoms with Gasteiger partial charge in [-0.15, -0.1) is 0 Å². The Bertz CT molecular complexity index is 1130. The van der Waals surface area contributed by atoms with Crippen LogP contribution in [0.4, 0.5) is 5.69 Å². The average molecular weight is 544 g/mol. The molecule has 0 unspecified atom stereocenters. The maximum atomic E-state index is 12.7. The van der Waals surface area contributed by atoms with Gasteiger partial charge in [0.2, 0.25) is 10.0 Å². The molecule has 2 aliphatic rings. The van der Waals surface area contributed by atoms with Crippen LogP contribution in [0.25, 0.3) is 6.08 Å². The van der Waals surface area contributed by atoms with Crippen molar-refractivity contribution in [3.05, 3.63) is 57.1 Å². The number of nitrogens with zero attached hydrogens (tertiary/aromatic N) is 1. The van der Waals surface area contributed by atoms with Gasteiger partial charge in [-0.3, -0.25) is 14.4 Å². The largest absolute Gasteiger partial charge is 0.276 e. The minimum atomic E-state index is -3.78. The van der Waals surface area contributed by atoms with E-state index in [1.54, 1.807) is 4.72 Å². The lowest BCUT2D eigenvalue weighted by atomic mass is 9.93. The van der Waals surface area contributed by atoms with Gasteiger partial charge in [0.15, 0.2) is 0 Å². The van der Waals surface area contributed by atoms with Gasteiger partial charge in [0.1, 0.15) is 5.03 Å². The lowest BCUT2D eigenvalue weighted by molar-refractivity contribution is -0.120. The summed E-state index contributed by atoms with van der Waals surface area (Å²) in [6.45, 7) is 8.16. The van der Waals surface area contributed by atoms with Crippen LogP contribution in [0, 0.1) is 0 Å². The lowest BCUT2D eigenvalue weighted by Crippen LogP contribution is -2.31. The highest BCUT2D eigenvalue weighted by atomic mass is 35.5. The second kappa shape index (κ2) is 14.2. The number of nitrogens with one attached hydrogen (secondary N) is 1. The van der Waals surface area contributed by atoms with E-state index < -0.39 is 21.0 Å². The van der Waals surface area contributed by atoms with E-state index in [1.165, 1.54) is 24.3 Å². The zero-order valence-corrected chi connectivity index (χ0v) is 23.0. The summed E-state index contributed by atoms with van der Waals surface area (Å²) in [5.74, 6) is -1.72. The predicted octanol–water partition coefficient (Wildman–Crippen LogP) is 5.74. The topological polar surface area (TPSA) is 101 Å². The molecule has 1 aromatic carbocycles. The van der Waals surface area contributed by atoms with E-state index in [0.29, 0.717) is 29.7 Å². The molecule has 0 saturated heterocycles. The Morgan fingerprint density at radius 3 is 2.09 bits per heavy atom. The Kier molecular flexibility index (Phi) is 12.4. The van der Waals surface area contributed by atoms with Crippen LogP contribution in [0.5, 0.6) is 0 Å². The van der Waals surface area contributed by atoms with Gasteiger partial charge < -0.3 is 0 Å². The first-order valence-electron chi connectivity index (χ1n) is 11.4. The normalized spacial score (nSPS) is 15.9. The van der Waals surface area contributed by atoms with E-state index in [-0.39, 0.29) is 22.4 Å². The molecule has 1 N–H and O–H groups in total. The third-order valence-corrected chi connectivity index (χ3v) is 6.06. The molecule has 0 radical (unpaired) electrons. The number of rotatable bonds is 5. The standard InChI is InChI=1S/C18H16Cl2N2O5S.C5H10.C2H6/c1-28(26,27)21-16(23)15(20)9-10-8-11(6-7-14(10)19)22-17(24)12-4-2-3-5-13(12)18(22)25;1-3-5-4-2;1-2/h6-9H,2-5H2,1H3,(H,21,23);3,5H,4H2,1-2H3;1-2H3/b15-9-;5-3-;. The first kappa shape index (κ1) is 30.6. The number of sulfonamides is 1. The van der Waals surface area contributed by atoms with Crippen molar-refractivity contribution in [1.29, 1.82) is 0 Å². The summed E-state index contributed by atoms with van der Waals surface area (Å²) in [5.41, 5.74) is 1.66. The second-order valence-electron chi connectivity index (χ2n) is 7.49. The van der Waals surface area contributed by atoms with Crippen LogP contribution >= 0.6 is 23.2 Å². The van der Waals surface area contributed by atoms with Crippen LogP contribution < -0.4 is 9.62 Å². The number of amides is 3. The molecule has 192 valence electrons. The van der Waals surface area contributed by atoms with E-state index in [1.807, 2.05) is 20.8 Å². The molecule has 1 aliphatic heterocycles. The van der Waals surface area contributed by atoms with Gasteiger partial charge in [0.05, 0.1) is 11.9 Å². The molecule has 35 heavy (non-hydrogen) atoms. The Hall–Kier alpha value is -2.42. The van der Waals surface area contributed by atoms with Crippen molar-refractivity contribution in [1.82, 2.24) is 4.72 Å². The molecule has 0 bridgehead atoms. The zero-order valence-electron chi connectivity index (χ0n) is 20.7. The summed E-state index contributed by atoms with van der Waals surface area (Å²) in [6, 6.07) is 4.45. The summed E-state index contributed by atoms with van der Waals surface area (Å²) in [4.78, 5) is 38.3. The fourth-order valence-electron chi connectivity index (χ4n) is 3.41. The molecule has 0 atom stereocenters. The highest BCUT2D eigenvalue weighted by molar-refractivity contribution is 7.89. The molecule has 0 fully saturated rings. The van der Waals surface area contributed by atoms with E-state index in [9.17, 15) is 22.8 Å². The zero-order chi connectivity index (χ0) is 26.8. The maximum Gasteiger partial charge on any atom is 0.276 e. The number of benzene rings is 1. The van der Waals surface area contributed by atoms with Crippen molar-refractivity contribution >= 4 is 62.7 Å². The van der Waals surface area contributed by atoms with Gasteiger partial charge >= 0.3 is 0 Å². The Morgan fingerprint density at radius 1 is 1.11 bits per heavy atom. The Labute approximate surface area is 217 Å². The maximum absolute atomic E-state index is 12.7. The molecule has 1 heterocycles. The number of hydrogen-bond acceptors (Lipinski definition) is 5. The first-order chi connectivity index (χ1) is 16.5. The molecule has 3 amide bonds. The van der Waals surface area contributed by atoms with Crippen molar-refractivity contribution < 1.29 is 22.8 Å². The Morgan fingerprint density at radius 2 is 1.66 bits per heavy atom. The quantitative estimate of drug-likeness (QED) is 0.290. The lowest BCUT2D eigenvalue weighted by Gasteiger charge is -2.16. The minimum absolute atomic E-state index is 0.214. The number of carbonyl (C=O) groups excluding carboxylic acids is 3. The van der Waals surface area contributed by atoms with Gasteiger partial charge in [-0.25, -0.2) is 18.0 Å². The fraction of sp³-hybridized carbons (Fsp3) is 0.400. The van der Waals surface area contributed by atoms with Gasteiger partial charge in [-0.2, -0.15) is 0 Å². The third kappa shape index (κ3) is 8.63. The van der Waals surface area contributed by atoms with E-state index in [4.69, 9.17) is 23.2 Å². The van der Waals surface area contributed by atoms with Crippen LogP contribution in [0.15, 0.2) is 46.5 Å². The number of anilines is 1. The van der Waals surface area contributed by atoms with Crippen LogP contribution in [-0.4, -0.2) is 32.4 Å². The summed E-state index contributed by atoms with van der Waals surface area (Å²) < 4.78 is 24.1. The molecular weight excluding hydrogens is 511 g/mol. The van der Waals surface area contributed by atoms with Crippen LogP contribution in [0.1, 0.15) is 65.4 Å². The van der Waals surface area contributed by atoms with Crippen molar-refractivity contribution in [2.75, 3.05) is 11.2 Å². The average Bonchev–Trinajstić information content (AvgIpc) is 3.07. The van der Waals surface area contributed by atoms with Crippen molar-refractivity contribution in [3.63, 3.8) is 0 Å². The first-order valence-corrected chi connectivity index (χ1v) is 14.1. The molecule has 0 saturated carbocycles. The molecule has 3 rings (SSSR count). The molecule has 1 aromatic rings. The monoisotopic (exact) mass is 542 g/mol. The summed E-state index contributed by atoms with van der Waals surface area (Å²) in [6.07, 6.45) is 10.2. The van der Waals surface area contributed by atoms with Gasteiger partial charge in [-0.05, 0) is 68.9 Å². The summed E-state index contributed by atoms with van der Waals surface area (Å²) >= 11 is 12.0. The van der Waals surface area contributed by atoms with E-state index in [0.717, 1.165) is 30.4 Å². The number of allylic oxidation sites excluding steroid dienone is 2. The number of carbonyl (C=O) groups is 3. The second-order valence-corrected chi connectivity index (χ2v) is 10.1. The number of hydrogen-bond donors (Lipinski definition) is 1. The molecule has 10 heteroatoms. The van der Waals surface area contributed by atoms with Crippen LogP contribution in [0.2, 0.25) is 5.02 Å². The highest BCUT2D eigenvalue weighted by Gasteiger charge is 2.39. The Balaban J connectivity index is 0.000000779. The molecular formula is C25H32Cl2N2O5S. The molecule has 0 spiro atoms. The third-order valence-electron chi connectivity index (χ3n) is 4.88. The van der Waals surface area contributed by atoms with E-state index >= 15 is 0 Å². The van der Waals surface area contributed by atoms with Gasteiger partial charge in [-0.1, -0.05) is 56.1 Å².